The number of amides is 2. The van der Waals surface area contributed by atoms with E-state index < -0.39 is 5.54 Å². The highest BCUT2D eigenvalue weighted by Gasteiger charge is 2.29. The van der Waals surface area contributed by atoms with Gasteiger partial charge in [-0.25, -0.2) is 0 Å². The zero-order valence-corrected chi connectivity index (χ0v) is 14.2. The highest BCUT2D eigenvalue weighted by atomic mass is 16.2. The van der Waals surface area contributed by atoms with E-state index in [0.29, 0.717) is 12.1 Å². The molecule has 1 aromatic rings. The Labute approximate surface area is 133 Å². The van der Waals surface area contributed by atoms with Gasteiger partial charge < -0.3 is 10.6 Å². The van der Waals surface area contributed by atoms with E-state index in [0.717, 1.165) is 18.4 Å². The molecule has 4 nitrogen and oxygen atoms in total. The number of nitrogens with one attached hydrogen (secondary N) is 2. The van der Waals surface area contributed by atoms with Crippen molar-refractivity contribution >= 4 is 11.8 Å². The molecule has 0 heterocycles. The summed E-state index contributed by atoms with van der Waals surface area (Å²) in [6, 6.07) is 7.34. The lowest BCUT2D eigenvalue weighted by atomic mass is 10.0. The predicted molar refractivity (Wildman–Crippen MR) is 89.9 cm³/mol. The van der Waals surface area contributed by atoms with Crippen molar-refractivity contribution in [1.29, 1.82) is 0 Å². The van der Waals surface area contributed by atoms with Crippen molar-refractivity contribution in [3.8, 4) is 0 Å². The topological polar surface area (TPSA) is 58.2 Å². The third-order valence-electron chi connectivity index (χ3n) is 3.59. The van der Waals surface area contributed by atoms with Crippen molar-refractivity contribution in [3.63, 3.8) is 0 Å². The molecule has 122 valence electrons. The first kappa shape index (κ1) is 18.2. The highest BCUT2D eigenvalue weighted by molar-refractivity contribution is 5.99. The molecule has 0 aliphatic carbocycles. The molecular formula is C18H28N2O2. The van der Waals surface area contributed by atoms with Crippen molar-refractivity contribution in [2.75, 3.05) is 6.54 Å². The summed E-state index contributed by atoms with van der Waals surface area (Å²) < 4.78 is 0. The molecule has 0 radical (unpaired) electrons. The summed E-state index contributed by atoms with van der Waals surface area (Å²) in [4.78, 5) is 24.4. The number of unbranched alkanes of at least 4 members (excludes halogenated alkanes) is 3. The zero-order valence-electron chi connectivity index (χ0n) is 14.2. The first-order chi connectivity index (χ1) is 10.4. The molecule has 22 heavy (non-hydrogen) atoms. The van der Waals surface area contributed by atoms with Crippen LogP contribution in [0.25, 0.3) is 0 Å². The van der Waals surface area contributed by atoms with Crippen LogP contribution in [-0.2, 0) is 4.79 Å². The lowest BCUT2D eigenvalue weighted by Gasteiger charge is -2.25. The summed E-state index contributed by atoms with van der Waals surface area (Å²) in [6.07, 6.45) is 4.45. The Hall–Kier alpha value is -1.84. The quantitative estimate of drug-likeness (QED) is 0.725. The fourth-order valence-corrected chi connectivity index (χ4v) is 2.17. The fraction of sp³-hybridized carbons (Fsp3) is 0.556. The van der Waals surface area contributed by atoms with E-state index in [1.165, 1.54) is 12.8 Å². The molecule has 0 aliphatic rings. The molecule has 0 spiro atoms. The number of carbonyl (C=O) groups excluding carboxylic acids is 2. The molecule has 0 unspecified atom stereocenters. The Bertz CT molecular complexity index is 510. The van der Waals surface area contributed by atoms with Crippen LogP contribution in [0.5, 0.6) is 0 Å². The summed E-state index contributed by atoms with van der Waals surface area (Å²) in [5.41, 5.74) is 0.667. The molecule has 1 rings (SSSR count). The Morgan fingerprint density at radius 2 is 1.86 bits per heavy atom. The summed E-state index contributed by atoms with van der Waals surface area (Å²) in [5, 5.41) is 5.70. The van der Waals surface area contributed by atoms with Gasteiger partial charge in [0.1, 0.15) is 5.54 Å². The Morgan fingerprint density at radius 3 is 2.50 bits per heavy atom. The minimum absolute atomic E-state index is 0.148. The molecule has 0 aliphatic heterocycles. The van der Waals surface area contributed by atoms with Gasteiger partial charge in [0.15, 0.2) is 0 Å². The van der Waals surface area contributed by atoms with Crippen molar-refractivity contribution in [2.24, 2.45) is 0 Å². The molecule has 4 heteroatoms. The number of hydrogen-bond donors (Lipinski definition) is 2. The minimum atomic E-state index is -0.925. The largest absolute Gasteiger partial charge is 0.354 e. The maximum atomic E-state index is 12.2. The molecule has 0 saturated heterocycles. The fourth-order valence-electron chi connectivity index (χ4n) is 2.17. The van der Waals surface area contributed by atoms with E-state index in [-0.39, 0.29) is 11.8 Å². The van der Waals surface area contributed by atoms with Gasteiger partial charge in [0.25, 0.3) is 5.91 Å². The van der Waals surface area contributed by atoms with Crippen LogP contribution in [-0.4, -0.2) is 23.9 Å². The Kier molecular flexibility index (Phi) is 7.09. The lowest BCUT2D eigenvalue weighted by Crippen LogP contribution is -2.54. The van der Waals surface area contributed by atoms with Crippen molar-refractivity contribution < 1.29 is 9.59 Å². The van der Waals surface area contributed by atoms with Gasteiger partial charge in [-0.15, -0.1) is 0 Å². The van der Waals surface area contributed by atoms with Gasteiger partial charge in [-0.3, -0.25) is 9.59 Å². The Morgan fingerprint density at radius 1 is 1.14 bits per heavy atom. The minimum Gasteiger partial charge on any atom is -0.354 e. The van der Waals surface area contributed by atoms with Crippen molar-refractivity contribution in [3.05, 3.63) is 35.4 Å². The molecule has 0 aromatic heterocycles. The average Bonchev–Trinajstić information content (AvgIpc) is 2.46. The SMILES string of the molecule is CCCCCCNC(=O)C(C)(C)NC(=O)c1cccc(C)c1. The summed E-state index contributed by atoms with van der Waals surface area (Å²) in [5.74, 6) is -0.375. The van der Waals surface area contributed by atoms with E-state index in [9.17, 15) is 9.59 Å². The summed E-state index contributed by atoms with van der Waals surface area (Å²) in [6.45, 7) is 8.19. The van der Waals surface area contributed by atoms with Gasteiger partial charge in [0.2, 0.25) is 5.91 Å². The van der Waals surface area contributed by atoms with Crippen LogP contribution in [0.4, 0.5) is 0 Å². The smallest absolute Gasteiger partial charge is 0.252 e. The average molecular weight is 304 g/mol. The molecule has 0 saturated carbocycles. The van der Waals surface area contributed by atoms with Crippen molar-refractivity contribution in [1.82, 2.24) is 10.6 Å². The number of benzene rings is 1. The second-order valence-corrected chi connectivity index (χ2v) is 6.27. The summed E-state index contributed by atoms with van der Waals surface area (Å²) >= 11 is 0. The first-order valence-corrected chi connectivity index (χ1v) is 8.04. The molecule has 0 atom stereocenters. The highest BCUT2D eigenvalue weighted by Crippen LogP contribution is 2.08. The zero-order chi connectivity index (χ0) is 16.6. The summed E-state index contributed by atoms with van der Waals surface area (Å²) in [7, 11) is 0. The van der Waals surface area contributed by atoms with Gasteiger partial charge in [-0.2, -0.15) is 0 Å². The van der Waals surface area contributed by atoms with Crippen LogP contribution >= 0.6 is 0 Å². The van der Waals surface area contributed by atoms with Crippen molar-refractivity contribution in [2.45, 2.75) is 58.9 Å². The normalized spacial score (nSPS) is 11.1. The van der Waals surface area contributed by atoms with Gasteiger partial charge in [-0.05, 0) is 39.3 Å². The number of rotatable bonds is 8. The lowest BCUT2D eigenvalue weighted by molar-refractivity contribution is -0.126. The molecule has 0 fully saturated rings. The van der Waals surface area contributed by atoms with E-state index in [1.54, 1.807) is 19.9 Å². The number of carbonyl (C=O) groups is 2. The van der Waals surface area contributed by atoms with Crippen LogP contribution in [0.3, 0.4) is 0 Å². The number of hydrogen-bond acceptors (Lipinski definition) is 2. The monoisotopic (exact) mass is 304 g/mol. The van der Waals surface area contributed by atoms with Crippen LogP contribution < -0.4 is 10.6 Å². The van der Waals surface area contributed by atoms with Crippen LogP contribution in [0.15, 0.2) is 24.3 Å². The predicted octanol–water partition coefficient (Wildman–Crippen LogP) is 3.20. The van der Waals surface area contributed by atoms with Gasteiger partial charge in [0.05, 0.1) is 0 Å². The number of aryl methyl sites for hydroxylation is 1. The van der Waals surface area contributed by atoms with E-state index in [2.05, 4.69) is 17.6 Å². The molecule has 1 aromatic carbocycles. The van der Waals surface area contributed by atoms with E-state index in [4.69, 9.17) is 0 Å². The van der Waals surface area contributed by atoms with E-state index in [1.807, 2.05) is 25.1 Å². The van der Waals surface area contributed by atoms with E-state index >= 15 is 0 Å². The second kappa shape index (κ2) is 8.57. The van der Waals surface area contributed by atoms with Gasteiger partial charge >= 0.3 is 0 Å². The maximum absolute atomic E-state index is 12.2. The third-order valence-corrected chi connectivity index (χ3v) is 3.59. The molecule has 2 N–H and O–H groups in total. The van der Waals surface area contributed by atoms with Crippen LogP contribution in [0.2, 0.25) is 0 Å². The Balaban J connectivity index is 2.51. The maximum Gasteiger partial charge on any atom is 0.252 e. The van der Waals surface area contributed by atoms with Crippen LogP contribution in [0, 0.1) is 6.92 Å². The molecule has 2 amide bonds. The second-order valence-electron chi connectivity index (χ2n) is 6.27. The van der Waals surface area contributed by atoms with Gasteiger partial charge in [-0.1, -0.05) is 43.9 Å². The van der Waals surface area contributed by atoms with Gasteiger partial charge in [0, 0.05) is 12.1 Å². The first-order valence-electron chi connectivity index (χ1n) is 8.04. The standard InChI is InChI=1S/C18H28N2O2/c1-5-6-7-8-12-19-17(22)18(3,4)20-16(21)15-11-9-10-14(2)13-15/h9-11,13H,5-8,12H2,1-4H3,(H,19,22)(H,20,21). The van der Waals surface area contributed by atoms with Crippen LogP contribution in [0.1, 0.15) is 62.4 Å². The molecule has 0 bridgehead atoms. The molecular weight excluding hydrogens is 276 g/mol. The third kappa shape index (κ3) is 5.88.